The highest BCUT2D eigenvalue weighted by atomic mass is 16.5. The van der Waals surface area contributed by atoms with Crippen LogP contribution in [0.25, 0.3) is 10.9 Å². The summed E-state index contributed by atoms with van der Waals surface area (Å²) in [6.45, 7) is 4.60. The van der Waals surface area contributed by atoms with Crippen molar-refractivity contribution in [3.63, 3.8) is 0 Å². The van der Waals surface area contributed by atoms with Crippen LogP contribution in [0, 0.1) is 0 Å². The van der Waals surface area contributed by atoms with Crippen molar-refractivity contribution in [2.24, 2.45) is 7.05 Å². The average Bonchev–Trinajstić information content (AvgIpc) is 3.05. The lowest BCUT2D eigenvalue weighted by atomic mass is 10.0. The van der Waals surface area contributed by atoms with E-state index < -0.39 is 0 Å². The number of hydrogen-bond acceptors (Lipinski definition) is 4. The number of aryl methyl sites for hydroxylation is 1. The monoisotopic (exact) mass is 317 g/mol. The molecule has 0 amide bonds. The molecule has 0 saturated carbocycles. The summed E-state index contributed by atoms with van der Waals surface area (Å²) in [7, 11) is 1.68. The zero-order valence-corrected chi connectivity index (χ0v) is 13.5. The van der Waals surface area contributed by atoms with Gasteiger partial charge in [-0.15, -0.1) is 0 Å². The first kappa shape index (κ1) is 16.0. The summed E-state index contributed by atoms with van der Waals surface area (Å²) in [6, 6.07) is 1.80. The molecular weight excluding hydrogens is 294 g/mol. The molecule has 0 aliphatic carbocycles. The van der Waals surface area contributed by atoms with Crippen molar-refractivity contribution in [1.29, 1.82) is 0 Å². The molecule has 0 aromatic carbocycles. The maximum atomic E-state index is 12.5. The van der Waals surface area contributed by atoms with Crippen LogP contribution >= 0.6 is 0 Å². The second kappa shape index (κ2) is 7.10. The van der Waals surface area contributed by atoms with Gasteiger partial charge in [-0.25, -0.2) is 0 Å². The maximum Gasteiger partial charge on any atom is 0.274 e. The van der Waals surface area contributed by atoms with Gasteiger partial charge >= 0.3 is 0 Å². The molecule has 0 atom stereocenters. The first-order valence-electron chi connectivity index (χ1n) is 8.17. The summed E-state index contributed by atoms with van der Waals surface area (Å²) in [4.78, 5) is 29.8. The normalized spacial score (nSPS) is 16.0. The Hall–Kier alpha value is -1.92. The fourth-order valence-electron chi connectivity index (χ4n) is 3.07. The van der Waals surface area contributed by atoms with E-state index in [0.717, 1.165) is 51.1 Å². The van der Waals surface area contributed by atoms with Crippen LogP contribution in [-0.2, 0) is 11.8 Å². The maximum absolute atomic E-state index is 12.5. The molecule has 0 unspecified atom stereocenters. The number of aromatic amines is 1. The molecule has 1 fully saturated rings. The van der Waals surface area contributed by atoms with Crippen LogP contribution in [0.3, 0.4) is 0 Å². The molecule has 1 aliphatic heterocycles. The fraction of sp³-hybridized carbons (Fsp3) is 0.529. The molecule has 124 valence electrons. The van der Waals surface area contributed by atoms with E-state index in [1.54, 1.807) is 25.5 Å². The van der Waals surface area contributed by atoms with Gasteiger partial charge in [0, 0.05) is 49.9 Å². The lowest BCUT2D eigenvalue weighted by Crippen LogP contribution is -2.36. The second-order valence-electron chi connectivity index (χ2n) is 6.06. The number of carbonyl (C=O) groups is 1. The number of carbonyl (C=O) groups excluding carboxylic acids is 1. The number of aromatic nitrogens is 2. The number of ether oxygens (including phenoxy) is 1. The molecule has 23 heavy (non-hydrogen) atoms. The van der Waals surface area contributed by atoms with Crippen molar-refractivity contribution in [2.75, 3.05) is 32.8 Å². The van der Waals surface area contributed by atoms with Crippen LogP contribution in [0.15, 0.2) is 23.3 Å². The number of ketones is 1. The Bertz CT molecular complexity index is 741. The standard InChI is InChI=1S/C17H23N3O3/c1-19-12-14(13-5-6-18-16(13)17(19)22)15(21)4-2-3-7-20-8-10-23-11-9-20/h5-6,12,18H,2-4,7-11H2,1H3. The molecule has 1 saturated heterocycles. The quantitative estimate of drug-likeness (QED) is 0.648. The van der Waals surface area contributed by atoms with Crippen LogP contribution in [0.2, 0.25) is 0 Å². The molecule has 6 heteroatoms. The molecule has 2 aromatic rings. The molecular formula is C17H23N3O3. The number of pyridine rings is 1. The van der Waals surface area contributed by atoms with E-state index in [2.05, 4.69) is 9.88 Å². The highest BCUT2D eigenvalue weighted by Crippen LogP contribution is 2.17. The summed E-state index contributed by atoms with van der Waals surface area (Å²) in [5.41, 5.74) is 1.04. The number of nitrogens with zero attached hydrogens (tertiary/aromatic N) is 2. The summed E-state index contributed by atoms with van der Waals surface area (Å²) in [5.74, 6) is 0.104. The highest BCUT2D eigenvalue weighted by Gasteiger charge is 2.15. The summed E-state index contributed by atoms with van der Waals surface area (Å²) >= 11 is 0. The number of morpholine rings is 1. The Morgan fingerprint density at radius 1 is 1.30 bits per heavy atom. The predicted molar refractivity (Wildman–Crippen MR) is 89.0 cm³/mol. The molecule has 0 bridgehead atoms. The molecule has 2 aromatic heterocycles. The van der Waals surface area contributed by atoms with Gasteiger partial charge in [0.05, 0.1) is 13.2 Å². The van der Waals surface area contributed by atoms with E-state index in [1.165, 1.54) is 4.57 Å². The first-order valence-corrected chi connectivity index (χ1v) is 8.17. The highest BCUT2D eigenvalue weighted by molar-refractivity contribution is 6.07. The smallest absolute Gasteiger partial charge is 0.274 e. The average molecular weight is 317 g/mol. The zero-order valence-electron chi connectivity index (χ0n) is 13.5. The third-order valence-electron chi connectivity index (χ3n) is 4.43. The molecule has 1 N–H and O–H groups in total. The number of Topliss-reactive ketones (excluding diaryl/α,β-unsaturated/α-hetero) is 1. The van der Waals surface area contributed by atoms with E-state index in [-0.39, 0.29) is 11.3 Å². The second-order valence-corrected chi connectivity index (χ2v) is 6.06. The van der Waals surface area contributed by atoms with Gasteiger partial charge in [0.15, 0.2) is 5.78 Å². The lowest BCUT2D eigenvalue weighted by Gasteiger charge is -2.26. The van der Waals surface area contributed by atoms with Crippen molar-refractivity contribution >= 4 is 16.7 Å². The van der Waals surface area contributed by atoms with E-state index in [4.69, 9.17) is 4.74 Å². The summed E-state index contributed by atoms with van der Waals surface area (Å²) < 4.78 is 6.80. The number of fused-ring (bicyclic) bond motifs is 1. The number of nitrogens with one attached hydrogen (secondary N) is 1. The Kier molecular flexibility index (Phi) is 4.93. The Morgan fingerprint density at radius 3 is 2.87 bits per heavy atom. The predicted octanol–water partition coefficient (Wildman–Crippen LogP) is 1.55. The molecule has 3 heterocycles. The SMILES string of the molecule is Cn1cc(C(=O)CCCCN2CCOCC2)c2cc[nH]c2c1=O. The van der Waals surface area contributed by atoms with Gasteiger partial charge in [-0.1, -0.05) is 0 Å². The minimum atomic E-state index is -0.103. The molecule has 6 nitrogen and oxygen atoms in total. The van der Waals surface area contributed by atoms with E-state index in [9.17, 15) is 9.59 Å². The van der Waals surface area contributed by atoms with Crippen LogP contribution in [0.1, 0.15) is 29.6 Å². The van der Waals surface area contributed by atoms with E-state index >= 15 is 0 Å². The van der Waals surface area contributed by atoms with Crippen molar-refractivity contribution in [2.45, 2.75) is 19.3 Å². The van der Waals surface area contributed by atoms with Gasteiger partial charge in [-0.3, -0.25) is 14.5 Å². The van der Waals surface area contributed by atoms with Gasteiger partial charge in [0.2, 0.25) is 0 Å². The van der Waals surface area contributed by atoms with Crippen LogP contribution in [-0.4, -0.2) is 53.1 Å². The number of H-pyrrole nitrogens is 1. The van der Waals surface area contributed by atoms with Gasteiger partial charge in [0.1, 0.15) is 5.52 Å². The van der Waals surface area contributed by atoms with Gasteiger partial charge in [-0.05, 0) is 25.5 Å². The van der Waals surface area contributed by atoms with Crippen molar-refractivity contribution in [3.8, 4) is 0 Å². The Balaban J connectivity index is 1.59. The topological polar surface area (TPSA) is 67.3 Å². The summed E-state index contributed by atoms with van der Waals surface area (Å²) in [6.07, 6.45) is 5.76. The third-order valence-corrected chi connectivity index (χ3v) is 4.43. The van der Waals surface area contributed by atoms with Crippen LogP contribution in [0.4, 0.5) is 0 Å². The van der Waals surface area contributed by atoms with Crippen LogP contribution < -0.4 is 5.56 Å². The third kappa shape index (κ3) is 3.54. The van der Waals surface area contributed by atoms with Crippen LogP contribution in [0.5, 0.6) is 0 Å². The number of rotatable bonds is 6. The Labute approximate surface area is 135 Å². The molecule has 0 radical (unpaired) electrons. The molecule has 1 aliphatic rings. The number of unbranched alkanes of at least 4 members (excludes halogenated alkanes) is 1. The molecule has 3 rings (SSSR count). The van der Waals surface area contributed by atoms with Gasteiger partial charge in [-0.2, -0.15) is 0 Å². The lowest BCUT2D eigenvalue weighted by molar-refractivity contribution is 0.0371. The number of hydrogen-bond donors (Lipinski definition) is 1. The van der Waals surface area contributed by atoms with Crippen molar-refractivity contribution in [3.05, 3.63) is 34.4 Å². The van der Waals surface area contributed by atoms with Crippen molar-refractivity contribution < 1.29 is 9.53 Å². The first-order chi connectivity index (χ1) is 11.2. The minimum Gasteiger partial charge on any atom is -0.379 e. The van der Waals surface area contributed by atoms with E-state index in [1.807, 2.05) is 0 Å². The largest absolute Gasteiger partial charge is 0.379 e. The fourth-order valence-corrected chi connectivity index (χ4v) is 3.07. The minimum absolute atomic E-state index is 0.103. The molecule has 0 spiro atoms. The zero-order chi connectivity index (χ0) is 16.2. The van der Waals surface area contributed by atoms with Crippen molar-refractivity contribution in [1.82, 2.24) is 14.5 Å². The van der Waals surface area contributed by atoms with Gasteiger partial charge in [0.25, 0.3) is 5.56 Å². The Morgan fingerprint density at radius 2 is 2.09 bits per heavy atom. The van der Waals surface area contributed by atoms with E-state index in [0.29, 0.717) is 17.5 Å². The van der Waals surface area contributed by atoms with Gasteiger partial charge < -0.3 is 14.3 Å². The summed E-state index contributed by atoms with van der Waals surface area (Å²) in [5, 5.41) is 0.728.